The molecule has 0 bridgehead atoms. The van der Waals surface area contributed by atoms with Crippen molar-refractivity contribution in [3.8, 4) is 0 Å². The molecule has 94 valence electrons. The first-order valence-electron chi connectivity index (χ1n) is 6.62. The van der Waals surface area contributed by atoms with Gasteiger partial charge in [-0.1, -0.05) is 33.6 Å². The lowest BCUT2D eigenvalue weighted by Gasteiger charge is -2.32. The fourth-order valence-electron chi connectivity index (χ4n) is 2.42. The lowest BCUT2D eigenvalue weighted by molar-refractivity contribution is -0.135. The van der Waals surface area contributed by atoms with Gasteiger partial charge in [-0.05, 0) is 25.2 Å². The molecule has 0 aromatic carbocycles. The molecular weight excluding hydrogens is 200 g/mol. The second-order valence-electron chi connectivity index (χ2n) is 5.34. The summed E-state index contributed by atoms with van der Waals surface area (Å²) in [4.78, 5) is 14.2. The second kappa shape index (κ2) is 6.24. The zero-order valence-electron chi connectivity index (χ0n) is 10.9. The van der Waals surface area contributed by atoms with Gasteiger partial charge in [0.25, 0.3) is 0 Å². The van der Waals surface area contributed by atoms with E-state index in [4.69, 9.17) is 5.73 Å². The maximum absolute atomic E-state index is 12.2. The van der Waals surface area contributed by atoms with Crippen molar-refractivity contribution in [3.05, 3.63) is 0 Å². The van der Waals surface area contributed by atoms with E-state index in [1.807, 2.05) is 11.8 Å². The third kappa shape index (κ3) is 3.48. The Morgan fingerprint density at radius 3 is 2.38 bits per heavy atom. The fourth-order valence-corrected chi connectivity index (χ4v) is 2.42. The molecule has 1 aliphatic carbocycles. The van der Waals surface area contributed by atoms with Crippen molar-refractivity contribution in [2.45, 2.75) is 65.0 Å². The number of hydrogen-bond acceptors (Lipinski definition) is 2. The molecule has 0 unspecified atom stereocenters. The van der Waals surface area contributed by atoms with Crippen LogP contribution in [0.15, 0.2) is 0 Å². The molecule has 0 aromatic heterocycles. The third-order valence-electron chi connectivity index (χ3n) is 3.37. The molecule has 1 amide bonds. The van der Waals surface area contributed by atoms with E-state index in [9.17, 15) is 4.79 Å². The van der Waals surface area contributed by atoms with Gasteiger partial charge in [-0.2, -0.15) is 0 Å². The average Bonchev–Trinajstić information content (AvgIpc) is 2.76. The summed E-state index contributed by atoms with van der Waals surface area (Å²) in [5.74, 6) is 0.678. The van der Waals surface area contributed by atoms with E-state index in [1.165, 1.54) is 12.8 Å². The van der Waals surface area contributed by atoms with Crippen LogP contribution in [0.25, 0.3) is 0 Å². The zero-order valence-corrected chi connectivity index (χ0v) is 10.9. The van der Waals surface area contributed by atoms with E-state index in [-0.39, 0.29) is 11.9 Å². The van der Waals surface area contributed by atoms with Crippen molar-refractivity contribution in [1.29, 1.82) is 0 Å². The summed E-state index contributed by atoms with van der Waals surface area (Å²) in [7, 11) is 0. The molecule has 3 nitrogen and oxygen atoms in total. The number of rotatable bonds is 5. The highest BCUT2D eigenvalue weighted by atomic mass is 16.2. The van der Waals surface area contributed by atoms with Crippen LogP contribution in [0.5, 0.6) is 0 Å². The Balaban J connectivity index is 2.65. The van der Waals surface area contributed by atoms with Crippen molar-refractivity contribution in [2.75, 3.05) is 6.54 Å². The van der Waals surface area contributed by atoms with Crippen molar-refractivity contribution in [1.82, 2.24) is 4.90 Å². The first-order chi connectivity index (χ1) is 7.56. The molecular formula is C13H26N2O. The van der Waals surface area contributed by atoms with Crippen LogP contribution in [0, 0.1) is 5.92 Å². The minimum absolute atomic E-state index is 0.156. The van der Waals surface area contributed by atoms with E-state index in [0.717, 1.165) is 25.8 Å². The number of carbonyl (C=O) groups is 1. The number of nitrogens with two attached hydrogens (primary N) is 1. The van der Waals surface area contributed by atoms with Crippen molar-refractivity contribution in [3.63, 3.8) is 0 Å². The highest BCUT2D eigenvalue weighted by Crippen LogP contribution is 2.24. The van der Waals surface area contributed by atoms with Crippen LogP contribution < -0.4 is 5.73 Å². The average molecular weight is 226 g/mol. The molecule has 16 heavy (non-hydrogen) atoms. The lowest BCUT2D eigenvalue weighted by atomic mass is 10.1. The number of carbonyl (C=O) groups excluding carboxylic acids is 1. The standard InChI is InChI=1S/C13H26N2O/c1-4-12(14)13(16)15(9-10(2)3)11-7-5-6-8-11/h10-12H,4-9,14H2,1-3H3/t12-/m1/s1. The van der Waals surface area contributed by atoms with Crippen LogP contribution >= 0.6 is 0 Å². The second-order valence-corrected chi connectivity index (χ2v) is 5.34. The van der Waals surface area contributed by atoms with Crippen molar-refractivity contribution < 1.29 is 4.79 Å². The van der Waals surface area contributed by atoms with Gasteiger partial charge in [0, 0.05) is 12.6 Å². The molecule has 0 aliphatic heterocycles. The van der Waals surface area contributed by atoms with Gasteiger partial charge in [-0.15, -0.1) is 0 Å². The maximum Gasteiger partial charge on any atom is 0.239 e. The van der Waals surface area contributed by atoms with Gasteiger partial charge in [0.15, 0.2) is 0 Å². The van der Waals surface area contributed by atoms with Gasteiger partial charge < -0.3 is 10.6 Å². The predicted octanol–water partition coefficient (Wildman–Crippen LogP) is 2.15. The fraction of sp³-hybridized carbons (Fsp3) is 0.923. The molecule has 1 aliphatic rings. The summed E-state index contributed by atoms with van der Waals surface area (Å²) in [6, 6.07) is 0.145. The summed E-state index contributed by atoms with van der Waals surface area (Å²) in [5.41, 5.74) is 5.87. The van der Waals surface area contributed by atoms with E-state index >= 15 is 0 Å². The number of hydrogen-bond donors (Lipinski definition) is 1. The summed E-state index contributed by atoms with van der Waals surface area (Å²) < 4.78 is 0. The Morgan fingerprint density at radius 1 is 1.38 bits per heavy atom. The maximum atomic E-state index is 12.2. The largest absolute Gasteiger partial charge is 0.338 e. The molecule has 0 heterocycles. The molecule has 0 aromatic rings. The van der Waals surface area contributed by atoms with Crippen molar-refractivity contribution in [2.24, 2.45) is 11.7 Å². The normalized spacial score (nSPS) is 19.1. The molecule has 0 spiro atoms. The summed E-state index contributed by atoms with van der Waals surface area (Å²) in [5, 5.41) is 0. The zero-order chi connectivity index (χ0) is 12.1. The minimum atomic E-state index is -0.306. The smallest absolute Gasteiger partial charge is 0.239 e. The van der Waals surface area contributed by atoms with Gasteiger partial charge in [0.05, 0.1) is 6.04 Å². The van der Waals surface area contributed by atoms with E-state index in [1.54, 1.807) is 0 Å². The van der Waals surface area contributed by atoms with Crippen LogP contribution in [0.3, 0.4) is 0 Å². The number of nitrogens with zero attached hydrogens (tertiary/aromatic N) is 1. The predicted molar refractivity (Wildman–Crippen MR) is 67.1 cm³/mol. The Kier molecular flexibility index (Phi) is 5.26. The molecule has 0 radical (unpaired) electrons. The van der Waals surface area contributed by atoms with Gasteiger partial charge in [-0.3, -0.25) is 4.79 Å². The molecule has 1 saturated carbocycles. The van der Waals surface area contributed by atoms with E-state index < -0.39 is 0 Å². The SMILES string of the molecule is CC[C@@H](N)C(=O)N(CC(C)C)C1CCCC1. The summed E-state index contributed by atoms with van der Waals surface area (Å²) in [6.45, 7) is 7.15. The molecule has 1 rings (SSSR count). The topological polar surface area (TPSA) is 46.3 Å². The van der Waals surface area contributed by atoms with Crippen LogP contribution in [-0.4, -0.2) is 29.4 Å². The molecule has 1 fully saturated rings. The van der Waals surface area contributed by atoms with Gasteiger partial charge in [-0.25, -0.2) is 0 Å². The van der Waals surface area contributed by atoms with Gasteiger partial charge >= 0.3 is 0 Å². The Hall–Kier alpha value is -0.570. The highest BCUT2D eigenvalue weighted by Gasteiger charge is 2.29. The van der Waals surface area contributed by atoms with Gasteiger partial charge in [0.2, 0.25) is 5.91 Å². The van der Waals surface area contributed by atoms with Crippen molar-refractivity contribution >= 4 is 5.91 Å². The van der Waals surface area contributed by atoms with E-state index in [2.05, 4.69) is 13.8 Å². The molecule has 0 saturated heterocycles. The quantitative estimate of drug-likeness (QED) is 0.780. The Labute approximate surface area is 99.4 Å². The first kappa shape index (κ1) is 13.5. The minimum Gasteiger partial charge on any atom is -0.338 e. The first-order valence-corrected chi connectivity index (χ1v) is 6.62. The Morgan fingerprint density at radius 2 is 1.94 bits per heavy atom. The number of amides is 1. The lowest BCUT2D eigenvalue weighted by Crippen LogP contribution is -2.49. The molecule has 2 N–H and O–H groups in total. The highest BCUT2D eigenvalue weighted by molar-refractivity contribution is 5.81. The molecule has 1 atom stereocenters. The van der Waals surface area contributed by atoms with Crippen LogP contribution in [0.4, 0.5) is 0 Å². The third-order valence-corrected chi connectivity index (χ3v) is 3.37. The van der Waals surface area contributed by atoms with Crippen LogP contribution in [0.2, 0.25) is 0 Å². The van der Waals surface area contributed by atoms with Crippen LogP contribution in [-0.2, 0) is 4.79 Å². The monoisotopic (exact) mass is 226 g/mol. The summed E-state index contributed by atoms with van der Waals surface area (Å²) >= 11 is 0. The summed E-state index contributed by atoms with van der Waals surface area (Å²) in [6.07, 6.45) is 5.58. The van der Waals surface area contributed by atoms with E-state index in [0.29, 0.717) is 12.0 Å². The van der Waals surface area contributed by atoms with Crippen LogP contribution in [0.1, 0.15) is 52.9 Å². The molecule has 3 heteroatoms. The van der Waals surface area contributed by atoms with Gasteiger partial charge in [0.1, 0.15) is 0 Å². The Bertz CT molecular complexity index is 222.